The number of nitrogens with zero attached hydrogens (tertiary/aromatic N) is 3. The number of hydrogen-bond donors (Lipinski definition) is 1. The van der Waals surface area contributed by atoms with E-state index in [1.165, 1.54) is 18.4 Å². The van der Waals surface area contributed by atoms with Crippen LogP contribution in [0.2, 0.25) is 0 Å². The smallest absolute Gasteiger partial charge is 0.333 e. The number of thiophene rings is 1. The zero-order valence-electron chi connectivity index (χ0n) is 26.5. The van der Waals surface area contributed by atoms with Crippen LogP contribution in [0.15, 0.2) is 33.9 Å². The lowest BCUT2D eigenvalue weighted by Gasteiger charge is -2.33. The Bertz CT molecular complexity index is 1970. The van der Waals surface area contributed by atoms with Crippen molar-refractivity contribution in [1.82, 2.24) is 13.9 Å². The van der Waals surface area contributed by atoms with E-state index in [0.29, 0.717) is 42.6 Å². The summed E-state index contributed by atoms with van der Waals surface area (Å²) in [5.41, 5.74) is -2.45. The summed E-state index contributed by atoms with van der Waals surface area (Å²) < 4.78 is 47.6. The molecule has 0 spiro atoms. The number of nitriles is 1. The number of para-hydroxylation sites is 1. The summed E-state index contributed by atoms with van der Waals surface area (Å²) >= 11 is 1.02. The maximum atomic E-state index is 14.5. The van der Waals surface area contributed by atoms with E-state index >= 15 is 0 Å². The molecule has 2 aliphatic heterocycles. The number of hydrogen-bond acceptors (Lipinski definition) is 10. The number of rotatable bonds is 10. The summed E-state index contributed by atoms with van der Waals surface area (Å²) in [6.45, 7) is 5.77. The Morgan fingerprint density at radius 3 is 2.48 bits per heavy atom. The van der Waals surface area contributed by atoms with Crippen molar-refractivity contribution in [3.05, 3.63) is 61.1 Å². The van der Waals surface area contributed by atoms with Gasteiger partial charge in [-0.2, -0.15) is 5.26 Å². The maximum Gasteiger partial charge on any atom is 0.333 e. The molecule has 46 heavy (non-hydrogen) atoms. The summed E-state index contributed by atoms with van der Waals surface area (Å²) in [5.74, 6) is -0.451. The molecule has 6 rings (SSSR count). The lowest BCUT2D eigenvalue weighted by Crippen LogP contribution is -2.57. The van der Waals surface area contributed by atoms with Crippen molar-refractivity contribution in [2.75, 3.05) is 7.11 Å². The Morgan fingerprint density at radius 1 is 1.22 bits per heavy atom. The highest BCUT2D eigenvalue weighted by atomic mass is 32.2. The highest BCUT2D eigenvalue weighted by Gasteiger charge is 2.52. The van der Waals surface area contributed by atoms with Gasteiger partial charge in [-0.25, -0.2) is 17.8 Å². The first kappa shape index (κ1) is 32.4. The van der Waals surface area contributed by atoms with Crippen molar-refractivity contribution in [2.45, 2.75) is 107 Å². The van der Waals surface area contributed by atoms with E-state index in [1.807, 2.05) is 18.2 Å². The lowest BCUT2D eigenvalue weighted by molar-refractivity contribution is -0.126. The van der Waals surface area contributed by atoms with Gasteiger partial charge in [-0.15, -0.1) is 11.3 Å². The van der Waals surface area contributed by atoms with Gasteiger partial charge in [0, 0.05) is 5.56 Å². The molecule has 1 amide bonds. The minimum absolute atomic E-state index is 0.0679. The molecule has 0 unspecified atom stereocenters. The van der Waals surface area contributed by atoms with Crippen LogP contribution in [0.3, 0.4) is 0 Å². The minimum atomic E-state index is -4.06. The van der Waals surface area contributed by atoms with Crippen LogP contribution < -0.4 is 20.7 Å². The number of amides is 1. The molecule has 1 saturated carbocycles. The van der Waals surface area contributed by atoms with E-state index < -0.39 is 43.6 Å². The molecule has 4 heterocycles. The molecule has 2 bridgehead atoms. The largest absolute Gasteiger partial charge is 0.496 e. The molecule has 3 aliphatic rings. The van der Waals surface area contributed by atoms with E-state index in [9.17, 15) is 28.1 Å². The average Bonchev–Trinajstić information content (AvgIpc) is 3.57. The number of benzene rings is 1. The fourth-order valence-electron chi connectivity index (χ4n) is 6.49. The highest BCUT2D eigenvalue weighted by Crippen LogP contribution is 2.42. The van der Waals surface area contributed by atoms with Crippen LogP contribution in [0.5, 0.6) is 5.75 Å². The monoisotopic (exact) mass is 670 g/mol. The second-order valence-corrected chi connectivity index (χ2v) is 16.4. The van der Waals surface area contributed by atoms with Gasteiger partial charge in [-0.1, -0.05) is 18.2 Å². The number of aryl methyl sites for hydroxylation is 1. The van der Waals surface area contributed by atoms with Crippen LogP contribution in [0, 0.1) is 18.3 Å². The quantitative estimate of drug-likeness (QED) is 0.340. The molecule has 0 radical (unpaired) electrons. The SMILES string of the molecule is COc1ccccc1[C@H](Cn1c(=O)n(C(C)(C)C(=O)NS(=O)(=O)C2(C)CC2)c(=O)c2c(C)c(C#N)sc21)O[C@@H]1C[C@H]2CC[C@@H](C1)O2. The molecule has 3 aromatic rings. The van der Waals surface area contributed by atoms with Crippen LogP contribution in [-0.2, 0) is 36.4 Å². The Labute approximate surface area is 270 Å². The number of methoxy groups -OCH3 is 1. The zero-order valence-corrected chi connectivity index (χ0v) is 28.1. The standard InChI is InChI=1S/C32H38N4O8S2/c1-18-25(16-33)45-28-26(18)27(37)36(31(2,3)29(38)34-46(40,41)32(4)12-13-32)30(39)35(28)17-24(22-8-6-7-9-23(22)42-5)44-21-14-19-10-11-20(15-21)43-19/h6-9,19-21,24H,10-15,17H2,1-5H3,(H,34,38)/t19-,20+,21-,24-/m0/s1. The van der Waals surface area contributed by atoms with E-state index in [1.54, 1.807) is 27.0 Å². The molecule has 3 fully saturated rings. The second kappa shape index (κ2) is 11.6. The van der Waals surface area contributed by atoms with E-state index in [2.05, 4.69) is 10.8 Å². The van der Waals surface area contributed by atoms with Crippen LogP contribution in [0.25, 0.3) is 10.2 Å². The molecule has 246 valence electrons. The van der Waals surface area contributed by atoms with Crippen molar-refractivity contribution in [1.29, 1.82) is 5.26 Å². The van der Waals surface area contributed by atoms with Crippen molar-refractivity contribution in [3.8, 4) is 11.8 Å². The van der Waals surface area contributed by atoms with E-state index in [-0.39, 0.29) is 40.0 Å². The fourth-order valence-corrected chi connectivity index (χ4v) is 8.97. The number of carbonyl (C=O) groups excluding carboxylic acids is 1. The molecular formula is C32H38N4O8S2. The molecule has 1 aliphatic carbocycles. The van der Waals surface area contributed by atoms with Gasteiger partial charge in [0.25, 0.3) is 11.5 Å². The molecule has 2 saturated heterocycles. The molecule has 14 heteroatoms. The second-order valence-electron chi connectivity index (χ2n) is 13.2. The van der Waals surface area contributed by atoms with Gasteiger partial charge in [-0.05, 0) is 77.8 Å². The van der Waals surface area contributed by atoms with Crippen molar-refractivity contribution in [3.63, 3.8) is 0 Å². The van der Waals surface area contributed by atoms with E-state index in [4.69, 9.17) is 14.2 Å². The van der Waals surface area contributed by atoms with Crippen LogP contribution in [0.4, 0.5) is 0 Å². The third kappa shape index (κ3) is 5.46. The summed E-state index contributed by atoms with van der Waals surface area (Å²) in [5, 5.41) is 9.99. The van der Waals surface area contributed by atoms with E-state index in [0.717, 1.165) is 28.7 Å². The molecule has 4 atom stereocenters. The van der Waals surface area contributed by atoms with Gasteiger partial charge < -0.3 is 14.2 Å². The minimum Gasteiger partial charge on any atom is -0.496 e. The van der Waals surface area contributed by atoms with Gasteiger partial charge in [0.2, 0.25) is 10.0 Å². The number of aromatic nitrogens is 2. The summed E-state index contributed by atoms with van der Waals surface area (Å²) in [7, 11) is -2.51. The van der Waals surface area contributed by atoms with Crippen molar-refractivity contribution >= 4 is 37.5 Å². The topological polar surface area (TPSA) is 159 Å². The fraction of sp³-hybridized carbons (Fsp3) is 0.562. The molecule has 12 nitrogen and oxygen atoms in total. The normalized spacial score (nSPS) is 22.7. The number of sulfonamides is 1. The van der Waals surface area contributed by atoms with Crippen LogP contribution in [0.1, 0.15) is 81.4 Å². The molecule has 2 aromatic heterocycles. The Kier molecular flexibility index (Phi) is 8.20. The van der Waals surface area contributed by atoms with Gasteiger partial charge in [0.15, 0.2) is 0 Å². The first-order chi connectivity index (χ1) is 21.7. The molecular weight excluding hydrogens is 633 g/mol. The first-order valence-electron chi connectivity index (χ1n) is 15.4. The Hall–Kier alpha value is -3.51. The average molecular weight is 671 g/mol. The number of nitrogens with one attached hydrogen (secondary N) is 1. The maximum absolute atomic E-state index is 14.5. The lowest BCUT2D eigenvalue weighted by atomic mass is 10.0. The highest BCUT2D eigenvalue weighted by molar-refractivity contribution is 7.91. The van der Waals surface area contributed by atoms with Gasteiger partial charge >= 0.3 is 5.69 Å². The number of fused-ring (bicyclic) bond motifs is 3. The van der Waals surface area contributed by atoms with Gasteiger partial charge in [-0.3, -0.25) is 18.9 Å². The Morgan fingerprint density at radius 2 is 1.87 bits per heavy atom. The van der Waals surface area contributed by atoms with Gasteiger partial charge in [0.1, 0.15) is 33.2 Å². The summed E-state index contributed by atoms with van der Waals surface area (Å²) in [4.78, 5) is 42.7. The van der Waals surface area contributed by atoms with Crippen LogP contribution in [-0.4, -0.2) is 53.6 Å². The predicted octanol–water partition coefficient (Wildman–Crippen LogP) is 3.61. The summed E-state index contributed by atoms with van der Waals surface area (Å²) in [6.07, 6.45) is 3.46. The van der Waals surface area contributed by atoms with Crippen molar-refractivity contribution in [2.24, 2.45) is 0 Å². The Balaban J connectivity index is 1.49. The third-order valence-electron chi connectivity index (χ3n) is 9.70. The predicted molar refractivity (Wildman–Crippen MR) is 172 cm³/mol. The number of ether oxygens (including phenoxy) is 3. The number of carbonyl (C=O) groups is 1. The summed E-state index contributed by atoms with van der Waals surface area (Å²) in [6, 6.07) is 9.45. The first-order valence-corrected chi connectivity index (χ1v) is 17.7. The van der Waals surface area contributed by atoms with Gasteiger partial charge in [0.05, 0.1) is 42.1 Å². The van der Waals surface area contributed by atoms with Crippen molar-refractivity contribution < 1.29 is 27.4 Å². The molecule has 1 N–H and O–H groups in total. The molecule has 1 aromatic carbocycles. The van der Waals surface area contributed by atoms with Crippen LogP contribution >= 0.6 is 11.3 Å². The zero-order chi connectivity index (χ0) is 33.2. The third-order valence-corrected chi connectivity index (χ3v) is 13.1.